The van der Waals surface area contributed by atoms with E-state index in [9.17, 15) is 22.7 Å². The minimum atomic E-state index is -3.09. The molecule has 0 amide bonds. The molecule has 130 valence electrons. The molecule has 1 unspecified atom stereocenters. The third-order valence-corrected chi connectivity index (χ3v) is 3.48. The van der Waals surface area contributed by atoms with E-state index in [4.69, 9.17) is 0 Å². The number of hydrogen-bond acceptors (Lipinski definition) is 3. The summed E-state index contributed by atoms with van der Waals surface area (Å²) >= 11 is 0. The molecule has 3 nitrogen and oxygen atoms in total. The smallest absolute Gasteiger partial charge is 0.387 e. The van der Waals surface area contributed by atoms with Crippen molar-refractivity contribution in [3.05, 3.63) is 65.2 Å². The summed E-state index contributed by atoms with van der Waals surface area (Å²) in [7, 11) is 0. The number of nitrogens with one attached hydrogen (secondary N) is 1. The van der Waals surface area contributed by atoms with Gasteiger partial charge in [-0.15, -0.1) is 0 Å². The minimum Gasteiger partial charge on any atom is -0.432 e. The topological polar surface area (TPSA) is 41.5 Å². The Bertz CT molecular complexity index is 675. The lowest BCUT2D eigenvalue weighted by molar-refractivity contribution is -0.0522. The molecule has 2 aromatic carbocycles. The van der Waals surface area contributed by atoms with Gasteiger partial charge >= 0.3 is 6.61 Å². The molecule has 0 aromatic heterocycles. The van der Waals surface area contributed by atoms with E-state index in [1.807, 2.05) is 0 Å². The van der Waals surface area contributed by atoms with Gasteiger partial charge in [0.15, 0.2) is 11.6 Å². The summed E-state index contributed by atoms with van der Waals surface area (Å²) in [4.78, 5) is 0. The molecular weight excluding hydrogens is 326 g/mol. The van der Waals surface area contributed by atoms with Crippen LogP contribution >= 0.6 is 0 Å². The Kier molecular flexibility index (Phi) is 5.80. The summed E-state index contributed by atoms with van der Waals surface area (Å²) < 4.78 is 54.7. The third kappa shape index (κ3) is 4.94. The van der Waals surface area contributed by atoms with E-state index in [-0.39, 0.29) is 13.1 Å². The maximum absolute atomic E-state index is 13.6. The first-order valence-corrected chi connectivity index (χ1v) is 7.20. The largest absolute Gasteiger partial charge is 0.432 e. The lowest BCUT2D eigenvalue weighted by atomic mass is 9.96. The van der Waals surface area contributed by atoms with Gasteiger partial charge < -0.3 is 15.2 Å². The molecule has 0 spiro atoms. The molecule has 0 saturated heterocycles. The van der Waals surface area contributed by atoms with Crippen molar-refractivity contribution in [2.75, 3.05) is 6.54 Å². The zero-order valence-electron chi connectivity index (χ0n) is 12.9. The van der Waals surface area contributed by atoms with E-state index in [0.717, 1.165) is 12.1 Å². The van der Waals surface area contributed by atoms with Crippen molar-refractivity contribution in [1.82, 2.24) is 5.32 Å². The summed E-state index contributed by atoms with van der Waals surface area (Å²) in [6, 6.07) is 9.11. The van der Waals surface area contributed by atoms with Crippen LogP contribution in [0.1, 0.15) is 18.1 Å². The van der Waals surface area contributed by atoms with E-state index in [2.05, 4.69) is 10.1 Å². The second-order valence-electron chi connectivity index (χ2n) is 5.53. The van der Waals surface area contributed by atoms with Crippen LogP contribution in [0.5, 0.6) is 5.75 Å². The van der Waals surface area contributed by atoms with Crippen molar-refractivity contribution in [2.45, 2.75) is 25.7 Å². The lowest BCUT2D eigenvalue weighted by Crippen LogP contribution is -2.35. The highest BCUT2D eigenvalue weighted by atomic mass is 19.3. The molecule has 1 atom stereocenters. The first kappa shape index (κ1) is 18.2. The highest BCUT2D eigenvalue weighted by Gasteiger charge is 2.22. The molecule has 0 bridgehead atoms. The van der Waals surface area contributed by atoms with Crippen molar-refractivity contribution < 1.29 is 27.4 Å². The van der Waals surface area contributed by atoms with Gasteiger partial charge in [0.2, 0.25) is 0 Å². The number of aliphatic hydroxyl groups is 1. The number of alkyl halides is 2. The Hall–Kier alpha value is -2.12. The molecule has 0 heterocycles. The van der Waals surface area contributed by atoms with Gasteiger partial charge in [-0.1, -0.05) is 18.2 Å². The molecule has 0 aliphatic rings. The summed E-state index contributed by atoms with van der Waals surface area (Å²) in [5.41, 5.74) is -0.211. The number of halogens is 4. The second kappa shape index (κ2) is 7.63. The second-order valence-corrected chi connectivity index (χ2v) is 5.53. The van der Waals surface area contributed by atoms with Crippen LogP contribution in [-0.4, -0.2) is 18.3 Å². The molecule has 7 heteroatoms. The maximum atomic E-state index is 13.6. The zero-order valence-corrected chi connectivity index (χ0v) is 12.9. The highest BCUT2D eigenvalue weighted by Crippen LogP contribution is 2.22. The number of hydrogen-bond donors (Lipinski definition) is 2. The highest BCUT2D eigenvalue weighted by molar-refractivity contribution is 5.29. The maximum Gasteiger partial charge on any atom is 0.387 e. The fourth-order valence-corrected chi connectivity index (χ4v) is 2.21. The minimum absolute atomic E-state index is 0.134. The molecule has 2 rings (SSSR count). The van der Waals surface area contributed by atoms with Gasteiger partial charge in [0.1, 0.15) is 5.82 Å². The van der Waals surface area contributed by atoms with Gasteiger partial charge in [0.25, 0.3) is 0 Å². The van der Waals surface area contributed by atoms with Crippen LogP contribution in [0.25, 0.3) is 0 Å². The molecule has 0 aliphatic carbocycles. The summed E-state index contributed by atoms with van der Waals surface area (Å²) in [6.45, 7) is -1.18. The normalized spacial score (nSPS) is 13.8. The quantitative estimate of drug-likeness (QED) is 0.756. The van der Waals surface area contributed by atoms with E-state index in [1.54, 1.807) is 6.92 Å². The van der Waals surface area contributed by atoms with Gasteiger partial charge in [-0.2, -0.15) is 8.78 Å². The lowest BCUT2D eigenvalue weighted by Gasteiger charge is -2.24. The van der Waals surface area contributed by atoms with E-state index in [1.165, 1.54) is 30.3 Å². The molecule has 24 heavy (non-hydrogen) atoms. The van der Waals surface area contributed by atoms with Crippen molar-refractivity contribution >= 4 is 0 Å². The molecule has 0 fully saturated rings. The van der Waals surface area contributed by atoms with Crippen LogP contribution in [-0.2, 0) is 12.1 Å². The molecule has 0 saturated carbocycles. The molecule has 0 aliphatic heterocycles. The van der Waals surface area contributed by atoms with E-state index < -0.39 is 29.6 Å². The third-order valence-electron chi connectivity index (χ3n) is 3.48. The van der Waals surface area contributed by atoms with Gasteiger partial charge in [-0.05, 0) is 42.3 Å². The van der Waals surface area contributed by atoms with Crippen molar-refractivity contribution in [3.8, 4) is 5.75 Å². The van der Waals surface area contributed by atoms with Gasteiger partial charge in [0, 0.05) is 13.1 Å². The Balaban J connectivity index is 1.93. The number of rotatable bonds is 7. The monoisotopic (exact) mass is 343 g/mol. The molecule has 2 aromatic rings. The van der Waals surface area contributed by atoms with Crippen molar-refractivity contribution in [1.29, 1.82) is 0 Å². The Morgan fingerprint density at radius 3 is 2.38 bits per heavy atom. The Morgan fingerprint density at radius 2 is 1.79 bits per heavy atom. The number of ether oxygens (including phenoxy) is 1. The van der Waals surface area contributed by atoms with E-state index in [0.29, 0.717) is 11.1 Å². The first-order valence-electron chi connectivity index (χ1n) is 7.20. The van der Waals surface area contributed by atoms with Crippen LogP contribution in [0.3, 0.4) is 0 Å². The van der Waals surface area contributed by atoms with Crippen molar-refractivity contribution in [3.63, 3.8) is 0 Å². The summed E-state index contributed by atoms with van der Waals surface area (Å²) in [5.74, 6) is -1.81. The Labute approximate surface area is 136 Å². The van der Waals surface area contributed by atoms with Gasteiger partial charge in [0.05, 0.1) is 5.60 Å². The summed E-state index contributed by atoms with van der Waals surface area (Å²) in [6.07, 6.45) is 0. The van der Waals surface area contributed by atoms with Crippen LogP contribution in [0.2, 0.25) is 0 Å². The fourth-order valence-electron chi connectivity index (χ4n) is 2.21. The Morgan fingerprint density at radius 1 is 1.12 bits per heavy atom. The summed E-state index contributed by atoms with van der Waals surface area (Å²) in [5, 5.41) is 13.3. The number of benzene rings is 2. The predicted molar refractivity (Wildman–Crippen MR) is 80.7 cm³/mol. The van der Waals surface area contributed by atoms with Crippen LogP contribution in [0.15, 0.2) is 42.5 Å². The standard InChI is InChI=1S/C17H17F4NO2/c1-17(23,12-3-5-13(18)6-4-12)10-22-9-11-2-7-15(14(19)8-11)24-16(20)21/h2-8,16,22-23H,9-10H2,1H3. The van der Waals surface area contributed by atoms with Crippen LogP contribution in [0.4, 0.5) is 17.6 Å². The molecule has 2 N–H and O–H groups in total. The van der Waals surface area contributed by atoms with Crippen molar-refractivity contribution in [2.24, 2.45) is 0 Å². The SMILES string of the molecule is CC(O)(CNCc1ccc(OC(F)F)c(F)c1)c1ccc(F)cc1. The van der Waals surface area contributed by atoms with Crippen LogP contribution < -0.4 is 10.1 Å². The average molecular weight is 343 g/mol. The zero-order chi connectivity index (χ0) is 17.7. The van der Waals surface area contributed by atoms with Gasteiger partial charge in [-0.25, -0.2) is 8.78 Å². The molecule has 0 radical (unpaired) electrons. The molecular formula is C17H17F4NO2. The van der Waals surface area contributed by atoms with Crippen LogP contribution in [0, 0.1) is 11.6 Å². The first-order chi connectivity index (χ1) is 11.3. The average Bonchev–Trinajstić information content (AvgIpc) is 2.50. The van der Waals surface area contributed by atoms with Gasteiger partial charge in [-0.3, -0.25) is 0 Å². The predicted octanol–water partition coefficient (Wildman–Crippen LogP) is 3.56. The van der Waals surface area contributed by atoms with E-state index >= 15 is 0 Å². The fraction of sp³-hybridized carbons (Fsp3) is 0.294.